The van der Waals surface area contributed by atoms with Crippen LogP contribution in [-0.2, 0) is 0 Å². The quantitative estimate of drug-likeness (QED) is 0.658. The van der Waals surface area contributed by atoms with Gasteiger partial charge in [-0.3, -0.25) is 15.0 Å². The predicted octanol–water partition coefficient (Wildman–Crippen LogP) is 4.56. The van der Waals surface area contributed by atoms with Gasteiger partial charge in [0.15, 0.2) is 5.69 Å². The zero-order chi connectivity index (χ0) is 16.2. The third-order valence-electron chi connectivity index (χ3n) is 3.18. The Morgan fingerprint density at radius 2 is 1.87 bits per heavy atom. The first-order chi connectivity index (χ1) is 11.2. The lowest BCUT2D eigenvalue weighted by molar-refractivity contribution is 0.415. The van der Waals surface area contributed by atoms with E-state index >= 15 is 0 Å². The minimum absolute atomic E-state index is 0.221. The first kappa shape index (κ1) is 15.2. The normalized spacial score (nSPS) is 11.0. The maximum absolute atomic E-state index is 12.0. The Bertz CT molecular complexity index is 914. The van der Waals surface area contributed by atoms with Gasteiger partial charge in [0.25, 0.3) is 5.56 Å². The van der Waals surface area contributed by atoms with Gasteiger partial charge in [-0.15, -0.1) is 5.11 Å². The molecular weight excluding hydrogens is 360 g/mol. The van der Waals surface area contributed by atoms with Crippen LogP contribution in [0.1, 0.15) is 0 Å². The molecule has 0 spiro atoms. The number of aromatic nitrogens is 2. The topological polar surface area (TPSA) is 82.6 Å². The molecule has 0 aliphatic rings. The second-order valence-electron chi connectivity index (χ2n) is 4.71. The van der Waals surface area contributed by atoms with Crippen molar-refractivity contribution in [2.24, 2.45) is 10.2 Å². The van der Waals surface area contributed by atoms with Crippen LogP contribution in [0.3, 0.4) is 0 Å². The van der Waals surface area contributed by atoms with Crippen molar-refractivity contribution < 1.29 is 4.74 Å². The average molecular weight is 373 g/mol. The molecule has 116 valence electrons. The van der Waals surface area contributed by atoms with Crippen molar-refractivity contribution in [1.82, 2.24) is 10.2 Å². The monoisotopic (exact) mass is 372 g/mol. The number of ether oxygens (including phenoxy) is 1. The molecule has 0 aliphatic carbocycles. The number of methoxy groups -OCH3 is 1. The molecular formula is C16H13BrN4O2. The summed E-state index contributed by atoms with van der Waals surface area (Å²) in [5.74, 6) is 0.694. The van der Waals surface area contributed by atoms with Crippen molar-refractivity contribution in [3.05, 3.63) is 63.4 Å². The highest BCUT2D eigenvalue weighted by molar-refractivity contribution is 9.10. The minimum atomic E-state index is -0.332. The van der Waals surface area contributed by atoms with Crippen LogP contribution in [0.15, 0.2) is 68.0 Å². The van der Waals surface area contributed by atoms with Gasteiger partial charge in [0.1, 0.15) is 5.75 Å². The van der Waals surface area contributed by atoms with Gasteiger partial charge in [-0.25, -0.2) is 0 Å². The third kappa shape index (κ3) is 3.40. The van der Waals surface area contributed by atoms with E-state index in [9.17, 15) is 4.79 Å². The number of H-pyrrole nitrogens is 2. The van der Waals surface area contributed by atoms with Gasteiger partial charge in [-0.05, 0) is 30.3 Å². The van der Waals surface area contributed by atoms with Gasteiger partial charge < -0.3 is 4.74 Å². The van der Waals surface area contributed by atoms with Crippen LogP contribution >= 0.6 is 15.9 Å². The zero-order valence-electron chi connectivity index (χ0n) is 12.2. The number of benzene rings is 2. The van der Waals surface area contributed by atoms with E-state index < -0.39 is 0 Å². The molecule has 0 bridgehead atoms. The fourth-order valence-corrected chi connectivity index (χ4v) is 2.47. The van der Waals surface area contributed by atoms with Gasteiger partial charge in [-0.2, -0.15) is 5.11 Å². The Balaban J connectivity index is 2.00. The summed E-state index contributed by atoms with van der Waals surface area (Å²) in [4.78, 5) is 12.0. The van der Waals surface area contributed by atoms with Crippen molar-refractivity contribution in [3.8, 4) is 17.0 Å². The van der Waals surface area contributed by atoms with Crippen molar-refractivity contribution in [2.75, 3.05) is 7.11 Å². The van der Waals surface area contributed by atoms with Crippen molar-refractivity contribution >= 4 is 27.3 Å². The van der Waals surface area contributed by atoms with E-state index in [1.165, 1.54) is 0 Å². The number of hydrogen-bond acceptors (Lipinski definition) is 4. The molecule has 0 aliphatic heterocycles. The van der Waals surface area contributed by atoms with E-state index in [4.69, 9.17) is 4.74 Å². The molecule has 7 heteroatoms. The Morgan fingerprint density at radius 3 is 2.65 bits per heavy atom. The maximum Gasteiger partial charge on any atom is 0.292 e. The molecule has 0 amide bonds. The van der Waals surface area contributed by atoms with Crippen LogP contribution in [-0.4, -0.2) is 17.3 Å². The number of hydrogen-bond donors (Lipinski definition) is 2. The Kier molecular flexibility index (Phi) is 4.38. The fourth-order valence-electron chi connectivity index (χ4n) is 2.08. The predicted molar refractivity (Wildman–Crippen MR) is 91.7 cm³/mol. The summed E-state index contributed by atoms with van der Waals surface area (Å²) in [5, 5.41) is 13.6. The molecule has 1 aromatic heterocycles. The molecule has 0 radical (unpaired) electrons. The number of rotatable bonds is 4. The maximum atomic E-state index is 12.0. The van der Waals surface area contributed by atoms with Crippen LogP contribution in [0.5, 0.6) is 5.75 Å². The smallest absolute Gasteiger partial charge is 0.292 e. The largest absolute Gasteiger partial charge is 0.497 e. The molecule has 0 fully saturated rings. The molecule has 1 heterocycles. The van der Waals surface area contributed by atoms with E-state index in [-0.39, 0.29) is 11.2 Å². The summed E-state index contributed by atoms with van der Waals surface area (Å²) in [6.45, 7) is 0. The van der Waals surface area contributed by atoms with Gasteiger partial charge in [-0.1, -0.05) is 34.1 Å². The summed E-state index contributed by atoms with van der Waals surface area (Å²) in [5.41, 5.74) is 1.88. The second kappa shape index (κ2) is 6.62. The van der Waals surface area contributed by atoms with E-state index in [0.717, 1.165) is 10.0 Å². The number of halogens is 1. The highest BCUT2D eigenvalue weighted by Gasteiger charge is 2.12. The lowest BCUT2D eigenvalue weighted by atomic mass is 10.1. The standard InChI is InChI=1S/C16H13BrN4O2/c1-23-13-7-2-4-10(8-13)14-15(16(22)21-19-14)20-18-12-6-3-5-11(17)9-12/h2-9H,1H3,(H2,19,21,22). The van der Waals surface area contributed by atoms with Crippen LogP contribution < -0.4 is 10.3 Å². The molecule has 23 heavy (non-hydrogen) atoms. The summed E-state index contributed by atoms with van der Waals surface area (Å²) in [6.07, 6.45) is 0. The fraction of sp³-hybridized carbons (Fsp3) is 0.0625. The van der Waals surface area contributed by atoms with E-state index in [1.807, 2.05) is 42.5 Å². The number of azo groups is 1. The minimum Gasteiger partial charge on any atom is -0.497 e. The third-order valence-corrected chi connectivity index (χ3v) is 3.68. The van der Waals surface area contributed by atoms with E-state index in [1.54, 1.807) is 13.2 Å². The summed E-state index contributed by atoms with van der Waals surface area (Å²) in [6, 6.07) is 14.7. The molecule has 2 aromatic carbocycles. The highest BCUT2D eigenvalue weighted by Crippen LogP contribution is 2.29. The molecule has 2 N–H and O–H groups in total. The van der Waals surface area contributed by atoms with Crippen molar-refractivity contribution in [1.29, 1.82) is 0 Å². The zero-order valence-corrected chi connectivity index (χ0v) is 13.8. The lowest BCUT2D eigenvalue weighted by Gasteiger charge is -2.02. The van der Waals surface area contributed by atoms with Gasteiger partial charge in [0, 0.05) is 10.0 Å². The number of aromatic amines is 2. The first-order valence-electron chi connectivity index (χ1n) is 6.80. The molecule has 0 unspecified atom stereocenters. The summed E-state index contributed by atoms with van der Waals surface area (Å²) < 4.78 is 6.10. The Hall–Kier alpha value is -2.67. The van der Waals surface area contributed by atoms with Gasteiger partial charge in [0.05, 0.1) is 18.5 Å². The van der Waals surface area contributed by atoms with Gasteiger partial charge >= 0.3 is 0 Å². The van der Waals surface area contributed by atoms with Crippen LogP contribution in [0, 0.1) is 0 Å². The van der Waals surface area contributed by atoms with E-state index in [0.29, 0.717) is 17.1 Å². The van der Waals surface area contributed by atoms with Crippen LogP contribution in [0.25, 0.3) is 11.3 Å². The van der Waals surface area contributed by atoms with E-state index in [2.05, 4.69) is 36.4 Å². The van der Waals surface area contributed by atoms with Crippen LogP contribution in [0.2, 0.25) is 0 Å². The van der Waals surface area contributed by atoms with Crippen LogP contribution in [0.4, 0.5) is 11.4 Å². The first-order valence-corrected chi connectivity index (χ1v) is 7.59. The molecule has 0 saturated carbocycles. The SMILES string of the molecule is COc1cccc(-c2[nH][nH]c(=O)c2N=Nc2cccc(Br)c2)c1. The Morgan fingerprint density at radius 1 is 1.04 bits per heavy atom. The number of nitrogens with zero attached hydrogens (tertiary/aromatic N) is 2. The summed E-state index contributed by atoms with van der Waals surface area (Å²) >= 11 is 3.37. The molecule has 6 nitrogen and oxygen atoms in total. The van der Waals surface area contributed by atoms with Gasteiger partial charge in [0.2, 0.25) is 0 Å². The Labute approximate surface area is 140 Å². The lowest BCUT2D eigenvalue weighted by Crippen LogP contribution is -1.96. The van der Waals surface area contributed by atoms with Crippen molar-refractivity contribution in [2.45, 2.75) is 0 Å². The van der Waals surface area contributed by atoms with Crippen molar-refractivity contribution in [3.63, 3.8) is 0 Å². The molecule has 0 saturated heterocycles. The molecule has 3 rings (SSSR count). The molecule has 0 atom stereocenters. The summed E-state index contributed by atoms with van der Waals surface area (Å²) in [7, 11) is 1.59. The second-order valence-corrected chi connectivity index (χ2v) is 5.63. The average Bonchev–Trinajstić information content (AvgIpc) is 2.94. The highest BCUT2D eigenvalue weighted by atomic mass is 79.9. The molecule has 3 aromatic rings. The number of nitrogens with one attached hydrogen (secondary N) is 2.